The van der Waals surface area contributed by atoms with Gasteiger partial charge in [-0.1, -0.05) is 30.3 Å². The summed E-state index contributed by atoms with van der Waals surface area (Å²) in [6, 6.07) is 15.6. The van der Waals surface area contributed by atoms with E-state index >= 15 is 0 Å². The molecule has 4 nitrogen and oxygen atoms in total. The van der Waals surface area contributed by atoms with Crippen molar-refractivity contribution in [3.63, 3.8) is 0 Å². The first-order chi connectivity index (χ1) is 8.75. The number of esters is 1. The van der Waals surface area contributed by atoms with Gasteiger partial charge in [0.2, 0.25) is 0 Å². The second-order valence-electron chi connectivity index (χ2n) is 3.66. The minimum absolute atomic E-state index is 0.00747. The summed E-state index contributed by atoms with van der Waals surface area (Å²) in [6.07, 6.45) is 0. The van der Waals surface area contributed by atoms with Gasteiger partial charge < -0.3 is 15.2 Å². The van der Waals surface area contributed by atoms with Crippen molar-refractivity contribution in [2.24, 2.45) is 0 Å². The molecule has 0 aromatic heterocycles. The van der Waals surface area contributed by atoms with Crippen molar-refractivity contribution in [3.8, 4) is 11.5 Å². The summed E-state index contributed by atoms with van der Waals surface area (Å²) >= 11 is 0. The lowest BCUT2D eigenvalue weighted by Crippen LogP contribution is -2.19. The molecule has 0 spiro atoms. The third-order valence-electron chi connectivity index (χ3n) is 2.30. The quantitative estimate of drug-likeness (QED) is 0.492. The van der Waals surface area contributed by atoms with Crippen LogP contribution in [0.25, 0.3) is 0 Å². The molecule has 0 aliphatic carbocycles. The van der Waals surface area contributed by atoms with E-state index in [2.05, 4.69) is 5.32 Å². The van der Waals surface area contributed by atoms with E-state index in [4.69, 9.17) is 4.74 Å². The Bertz CT molecular complexity index is 526. The van der Waals surface area contributed by atoms with Gasteiger partial charge in [0.15, 0.2) is 0 Å². The number of anilines is 1. The van der Waals surface area contributed by atoms with Gasteiger partial charge in [0.05, 0.1) is 5.69 Å². The van der Waals surface area contributed by atoms with E-state index < -0.39 is 5.97 Å². The fourth-order valence-corrected chi connectivity index (χ4v) is 1.45. The zero-order chi connectivity index (χ0) is 12.8. The number of phenolic OH excluding ortho intramolecular Hbond substituents is 1. The zero-order valence-electron chi connectivity index (χ0n) is 9.67. The molecule has 0 saturated heterocycles. The number of phenols is 1. The van der Waals surface area contributed by atoms with E-state index in [0.717, 1.165) is 0 Å². The van der Waals surface area contributed by atoms with E-state index in [1.54, 1.807) is 48.5 Å². The maximum absolute atomic E-state index is 11.5. The van der Waals surface area contributed by atoms with Gasteiger partial charge in [-0.2, -0.15) is 0 Å². The largest absolute Gasteiger partial charge is 0.506 e. The summed E-state index contributed by atoms with van der Waals surface area (Å²) in [7, 11) is 0. The predicted octanol–water partition coefficient (Wildman–Crippen LogP) is 2.41. The highest BCUT2D eigenvalue weighted by Crippen LogP contribution is 2.21. The van der Waals surface area contributed by atoms with Crippen LogP contribution in [0.4, 0.5) is 5.69 Å². The molecule has 2 N–H and O–H groups in total. The Hall–Kier alpha value is -2.49. The lowest BCUT2D eigenvalue weighted by atomic mass is 10.3. The fraction of sp³-hybridized carbons (Fsp3) is 0.0714. The molecule has 2 rings (SSSR count). The van der Waals surface area contributed by atoms with Crippen LogP contribution in [0.2, 0.25) is 0 Å². The second-order valence-corrected chi connectivity index (χ2v) is 3.66. The third-order valence-corrected chi connectivity index (χ3v) is 2.30. The number of hydrogen-bond acceptors (Lipinski definition) is 4. The van der Waals surface area contributed by atoms with E-state index in [0.29, 0.717) is 11.4 Å². The minimum atomic E-state index is -0.413. The number of rotatable bonds is 4. The highest BCUT2D eigenvalue weighted by atomic mass is 16.5. The predicted molar refractivity (Wildman–Crippen MR) is 68.7 cm³/mol. The molecular weight excluding hydrogens is 230 g/mol. The Morgan fingerprint density at radius 3 is 2.44 bits per heavy atom. The Morgan fingerprint density at radius 2 is 1.72 bits per heavy atom. The molecule has 92 valence electrons. The Balaban J connectivity index is 1.88. The third kappa shape index (κ3) is 3.25. The monoisotopic (exact) mass is 243 g/mol. The van der Waals surface area contributed by atoms with Crippen LogP contribution in [0.5, 0.6) is 11.5 Å². The first-order valence-electron chi connectivity index (χ1n) is 5.53. The van der Waals surface area contributed by atoms with Gasteiger partial charge >= 0.3 is 5.97 Å². The summed E-state index contributed by atoms with van der Waals surface area (Å²) < 4.78 is 5.09. The number of ether oxygens (including phenoxy) is 1. The maximum atomic E-state index is 11.5. The lowest BCUT2D eigenvalue weighted by Gasteiger charge is -2.08. The first-order valence-corrected chi connectivity index (χ1v) is 5.53. The van der Waals surface area contributed by atoms with Gasteiger partial charge in [-0.25, -0.2) is 4.79 Å². The number of para-hydroxylation sites is 3. The van der Waals surface area contributed by atoms with Gasteiger partial charge in [-0.3, -0.25) is 0 Å². The summed E-state index contributed by atoms with van der Waals surface area (Å²) in [5.74, 6) is 0.191. The van der Waals surface area contributed by atoms with Crippen LogP contribution >= 0.6 is 0 Å². The standard InChI is InChI=1S/C14H13NO3/c16-13-9-5-4-8-12(13)15-10-14(17)18-11-6-2-1-3-7-11/h1-9,15-16H,10H2. The number of nitrogens with one attached hydrogen (secondary N) is 1. The van der Waals surface area contributed by atoms with Crippen molar-refractivity contribution < 1.29 is 14.6 Å². The van der Waals surface area contributed by atoms with Crippen LogP contribution in [0.3, 0.4) is 0 Å². The lowest BCUT2D eigenvalue weighted by molar-refractivity contribution is -0.132. The zero-order valence-corrected chi connectivity index (χ0v) is 9.67. The molecule has 0 aliphatic heterocycles. The van der Waals surface area contributed by atoms with Crippen molar-refractivity contribution >= 4 is 11.7 Å². The number of carbonyl (C=O) groups excluding carboxylic acids is 1. The molecular formula is C14H13NO3. The number of hydrogen-bond donors (Lipinski definition) is 2. The summed E-state index contributed by atoms with van der Waals surface area (Å²) in [4.78, 5) is 11.5. The van der Waals surface area contributed by atoms with Crippen LogP contribution in [0.15, 0.2) is 54.6 Å². The van der Waals surface area contributed by atoms with Gasteiger partial charge in [-0.15, -0.1) is 0 Å². The van der Waals surface area contributed by atoms with E-state index in [1.165, 1.54) is 0 Å². The summed E-state index contributed by atoms with van der Waals surface area (Å²) in [6.45, 7) is -0.00747. The molecule has 0 aliphatic rings. The molecule has 0 amide bonds. The van der Waals surface area contributed by atoms with Crippen LogP contribution in [0, 0.1) is 0 Å². The molecule has 4 heteroatoms. The SMILES string of the molecule is O=C(CNc1ccccc1O)Oc1ccccc1. The highest BCUT2D eigenvalue weighted by molar-refractivity contribution is 5.78. The smallest absolute Gasteiger partial charge is 0.330 e. The Kier molecular flexibility index (Phi) is 3.81. The molecule has 0 saturated carbocycles. The molecule has 0 bridgehead atoms. The normalized spacial score (nSPS) is 9.78. The molecule has 0 radical (unpaired) electrons. The van der Waals surface area contributed by atoms with Crippen molar-refractivity contribution in [2.45, 2.75) is 0 Å². The van der Waals surface area contributed by atoms with Crippen LogP contribution in [-0.2, 0) is 4.79 Å². The molecule has 18 heavy (non-hydrogen) atoms. The van der Waals surface area contributed by atoms with Crippen molar-refractivity contribution in [2.75, 3.05) is 11.9 Å². The van der Waals surface area contributed by atoms with Gasteiger partial charge in [0, 0.05) is 0 Å². The molecule has 2 aromatic rings. The topological polar surface area (TPSA) is 58.6 Å². The van der Waals surface area contributed by atoms with Crippen LogP contribution < -0.4 is 10.1 Å². The number of carbonyl (C=O) groups is 1. The van der Waals surface area contributed by atoms with Gasteiger partial charge in [-0.05, 0) is 24.3 Å². The van der Waals surface area contributed by atoms with Crippen LogP contribution in [-0.4, -0.2) is 17.6 Å². The molecule has 0 atom stereocenters. The fourth-order valence-electron chi connectivity index (χ4n) is 1.45. The van der Waals surface area contributed by atoms with Gasteiger partial charge in [0.25, 0.3) is 0 Å². The van der Waals surface area contributed by atoms with E-state index in [9.17, 15) is 9.90 Å². The first kappa shape index (κ1) is 12.0. The number of aromatic hydroxyl groups is 1. The molecule has 0 fully saturated rings. The van der Waals surface area contributed by atoms with Crippen molar-refractivity contribution in [1.82, 2.24) is 0 Å². The van der Waals surface area contributed by atoms with Crippen molar-refractivity contribution in [3.05, 3.63) is 54.6 Å². The summed E-state index contributed by atoms with van der Waals surface area (Å²) in [5, 5.41) is 12.3. The minimum Gasteiger partial charge on any atom is -0.506 e. The molecule has 0 heterocycles. The van der Waals surface area contributed by atoms with Gasteiger partial charge in [0.1, 0.15) is 18.0 Å². The second kappa shape index (κ2) is 5.72. The van der Waals surface area contributed by atoms with E-state index in [-0.39, 0.29) is 12.3 Å². The summed E-state index contributed by atoms with van der Waals surface area (Å²) in [5.41, 5.74) is 0.502. The molecule has 2 aromatic carbocycles. The average Bonchev–Trinajstić information content (AvgIpc) is 2.39. The Labute approximate surface area is 105 Å². The Morgan fingerprint density at radius 1 is 1.06 bits per heavy atom. The highest BCUT2D eigenvalue weighted by Gasteiger charge is 2.05. The van der Waals surface area contributed by atoms with E-state index in [1.807, 2.05) is 6.07 Å². The number of benzene rings is 2. The van der Waals surface area contributed by atoms with Crippen molar-refractivity contribution in [1.29, 1.82) is 0 Å². The average molecular weight is 243 g/mol. The molecule has 0 unspecified atom stereocenters. The van der Waals surface area contributed by atoms with Crippen LogP contribution in [0.1, 0.15) is 0 Å². The maximum Gasteiger partial charge on any atom is 0.330 e.